The van der Waals surface area contributed by atoms with Gasteiger partial charge in [-0.1, -0.05) is 15.9 Å². The van der Waals surface area contributed by atoms with Gasteiger partial charge in [-0.2, -0.15) is 0 Å². The molecule has 0 N–H and O–H groups in total. The van der Waals surface area contributed by atoms with Gasteiger partial charge in [0, 0.05) is 10.0 Å². The summed E-state index contributed by atoms with van der Waals surface area (Å²) in [5, 5.41) is 0. The molecule has 2 rings (SSSR count). The van der Waals surface area contributed by atoms with Gasteiger partial charge in [0.25, 0.3) is 0 Å². The van der Waals surface area contributed by atoms with Crippen molar-refractivity contribution in [3.05, 3.63) is 22.2 Å². The van der Waals surface area contributed by atoms with Gasteiger partial charge in [0.15, 0.2) is 11.5 Å². The molecule has 0 amide bonds. The van der Waals surface area contributed by atoms with E-state index in [0.717, 1.165) is 28.1 Å². The van der Waals surface area contributed by atoms with Crippen molar-refractivity contribution in [3.63, 3.8) is 0 Å². The fourth-order valence-electron chi connectivity index (χ4n) is 1.43. The second-order valence-electron chi connectivity index (χ2n) is 3.05. The van der Waals surface area contributed by atoms with Crippen LogP contribution in [0.2, 0.25) is 0 Å². The molecule has 1 aromatic rings. The number of hydrogen-bond donors (Lipinski definition) is 0. The summed E-state index contributed by atoms with van der Waals surface area (Å²) in [7, 11) is 3.26. The molecular formula is C10H11BrO3. The molecule has 4 heteroatoms. The Kier molecular flexibility index (Phi) is 2.65. The Morgan fingerprint density at radius 2 is 2.07 bits per heavy atom. The Morgan fingerprint density at radius 1 is 1.36 bits per heavy atom. The highest BCUT2D eigenvalue weighted by atomic mass is 79.9. The monoisotopic (exact) mass is 258 g/mol. The van der Waals surface area contributed by atoms with Crippen molar-refractivity contribution in [3.8, 4) is 11.5 Å². The van der Waals surface area contributed by atoms with Crippen LogP contribution in [0.15, 0.2) is 16.6 Å². The molecule has 0 aromatic heterocycles. The van der Waals surface area contributed by atoms with E-state index in [1.165, 1.54) is 0 Å². The Morgan fingerprint density at radius 3 is 2.57 bits per heavy atom. The zero-order valence-corrected chi connectivity index (χ0v) is 9.63. The average Bonchev–Trinajstić information content (AvgIpc) is 2.99. The van der Waals surface area contributed by atoms with E-state index < -0.39 is 0 Å². The first-order chi connectivity index (χ1) is 6.76. The third kappa shape index (κ3) is 1.72. The van der Waals surface area contributed by atoms with Crippen LogP contribution in [0.4, 0.5) is 0 Å². The normalized spacial score (nSPS) is 19.2. The maximum absolute atomic E-state index is 5.30. The molecule has 0 radical (unpaired) electrons. The van der Waals surface area contributed by atoms with Crippen molar-refractivity contribution in [2.24, 2.45) is 0 Å². The topological polar surface area (TPSA) is 31.0 Å². The van der Waals surface area contributed by atoms with Crippen LogP contribution >= 0.6 is 15.9 Å². The fraction of sp³-hybridized carbons (Fsp3) is 0.400. The van der Waals surface area contributed by atoms with Crippen LogP contribution in [0.5, 0.6) is 11.5 Å². The number of hydrogen-bond acceptors (Lipinski definition) is 3. The number of ether oxygens (including phenoxy) is 3. The van der Waals surface area contributed by atoms with Gasteiger partial charge in [0.1, 0.15) is 6.10 Å². The fourth-order valence-corrected chi connectivity index (χ4v) is 1.88. The van der Waals surface area contributed by atoms with Gasteiger partial charge in [0.2, 0.25) is 0 Å². The first-order valence-electron chi connectivity index (χ1n) is 4.29. The highest BCUT2D eigenvalue weighted by molar-refractivity contribution is 9.10. The molecule has 14 heavy (non-hydrogen) atoms. The second-order valence-corrected chi connectivity index (χ2v) is 3.97. The Hall–Kier alpha value is -0.740. The lowest BCUT2D eigenvalue weighted by Crippen LogP contribution is -1.95. The van der Waals surface area contributed by atoms with E-state index in [2.05, 4.69) is 15.9 Å². The van der Waals surface area contributed by atoms with Crippen LogP contribution in [0.1, 0.15) is 11.7 Å². The number of rotatable bonds is 3. The summed E-state index contributed by atoms with van der Waals surface area (Å²) in [6, 6.07) is 3.88. The number of methoxy groups -OCH3 is 2. The molecule has 0 unspecified atom stereocenters. The predicted molar refractivity (Wildman–Crippen MR) is 55.9 cm³/mol. The molecule has 1 heterocycles. The lowest BCUT2D eigenvalue weighted by Gasteiger charge is -2.11. The van der Waals surface area contributed by atoms with Gasteiger partial charge in [-0.3, -0.25) is 0 Å². The van der Waals surface area contributed by atoms with Gasteiger partial charge >= 0.3 is 0 Å². The van der Waals surface area contributed by atoms with Crippen molar-refractivity contribution >= 4 is 15.9 Å². The number of benzene rings is 1. The third-order valence-electron chi connectivity index (χ3n) is 2.15. The first kappa shape index (κ1) is 9.80. The average molecular weight is 259 g/mol. The van der Waals surface area contributed by atoms with Crippen molar-refractivity contribution in [2.75, 3.05) is 20.8 Å². The molecule has 76 valence electrons. The highest BCUT2D eigenvalue weighted by Crippen LogP contribution is 2.43. The van der Waals surface area contributed by atoms with Gasteiger partial charge in [-0.15, -0.1) is 0 Å². The lowest BCUT2D eigenvalue weighted by atomic mass is 10.1. The van der Waals surface area contributed by atoms with E-state index in [1.807, 2.05) is 12.1 Å². The predicted octanol–water partition coefficient (Wildman–Crippen LogP) is 2.54. The van der Waals surface area contributed by atoms with Gasteiger partial charge in [-0.25, -0.2) is 0 Å². The molecule has 0 bridgehead atoms. The van der Waals surface area contributed by atoms with Crippen LogP contribution < -0.4 is 9.47 Å². The Labute approximate surface area is 91.1 Å². The number of halogens is 1. The zero-order chi connectivity index (χ0) is 10.1. The summed E-state index contributed by atoms with van der Waals surface area (Å²) >= 11 is 3.42. The SMILES string of the molecule is COc1cc(Br)cc([C@@H]2CO2)c1OC. The molecule has 1 saturated heterocycles. The minimum atomic E-state index is 0.163. The van der Waals surface area contributed by atoms with E-state index in [0.29, 0.717) is 0 Å². The van der Waals surface area contributed by atoms with Crippen molar-refractivity contribution in [1.29, 1.82) is 0 Å². The highest BCUT2D eigenvalue weighted by Gasteiger charge is 2.30. The zero-order valence-electron chi connectivity index (χ0n) is 8.04. The quantitative estimate of drug-likeness (QED) is 0.781. The summed E-state index contributed by atoms with van der Waals surface area (Å²) in [6.07, 6.45) is 0.163. The first-order valence-corrected chi connectivity index (χ1v) is 5.08. The molecule has 1 aromatic carbocycles. The van der Waals surface area contributed by atoms with E-state index in [9.17, 15) is 0 Å². The Balaban J connectivity index is 2.49. The second kappa shape index (κ2) is 3.79. The molecule has 0 aliphatic carbocycles. The van der Waals surface area contributed by atoms with Crippen molar-refractivity contribution < 1.29 is 14.2 Å². The molecule has 1 aliphatic rings. The van der Waals surface area contributed by atoms with Crippen LogP contribution in [0.3, 0.4) is 0 Å². The third-order valence-corrected chi connectivity index (χ3v) is 2.61. The molecule has 0 saturated carbocycles. The largest absolute Gasteiger partial charge is 0.493 e. The van der Waals surface area contributed by atoms with Crippen molar-refractivity contribution in [2.45, 2.75) is 6.10 Å². The smallest absolute Gasteiger partial charge is 0.166 e. The van der Waals surface area contributed by atoms with E-state index in [4.69, 9.17) is 14.2 Å². The Bertz CT molecular complexity index is 347. The summed E-state index contributed by atoms with van der Waals surface area (Å²) in [5.74, 6) is 1.49. The van der Waals surface area contributed by atoms with Crippen LogP contribution in [-0.4, -0.2) is 20.8 Å². The maximum atomic E-state index is 5.30. The summed E-state index contributed by atoms with van der Waals surface area (Å²) in [5.41, 5.74) is 1.04. The number of epoxide rings is 1. The van der Waals surface area contributed by atoms with Gasteiger partial charge in [-0.05, 0) is 12.1 Å². The van der Waals surface area contributed by atoms with Crippen LogP contribution in [-0.2, 0) is 4.74 Å². The molecule has 3 nitrogen and oxygen atoms in total. The molecule has 1 fully saturated rings. The molecule has 0 spiro atoms. The maximum Gasteiger partial charge on any atom is 0.166 e. The van der Waals surface area contributed by atoms with Gasteiger partial charge < -0.3 is 14.2 Å². The van der Waals surface area contributed by atoms with Crippen LogP contribution in [0.25, 0.3) is 0 Å². The lowest BCUT2D eigenvalue weighted by molar-refractivity contribution is 0.343. The summed E-state index contributed by atoms with van der Waals surface area (Å²) in [4.78, 5) is 0. The van der Waals surface area contributed by atoms with Gasteiger partial charge in [0.05, 0.1) is 20.8 Å². The summed E-state index contributed by atoms with van der Waals surface area (Å²) in [6.45, 7) is 0.760. The summed E-state index contributed by atoms with van der Waals surface area (Å²) < 4.78 is 16.7. The molecule has 1 aliphatic heterocycles. The van der Waals surface area contributed by atoms with E-state index in [1.54, 1.807) is 14.2 Å². The van der Waals surface area contributed by atoms with Crippen LogP contribution in [0, 0.1) is 0 Å². The molecular weight excluding hydrogens is 248 g/mol. The van der Waals surface area contributed by atoms with Crippen molar-refractivity contribution in [1.82, 2.24) is 0 Å². The minimum absolute atomic E-state index is 0.163. The van der Waals surface area contributed by atoms with E-state index in [-0.39, 0.29) is 6.10 Å². The standard InChI is InChI=1S/C10H11BrO3/c1-12-8-4-6(11)3-7(9-5-14-9)10(8)13-2/h3-4,9H,5H2,1-2H3/t9-/m0/s1. The molecule has 1 atom stereocenters. The van der Waals surface area contributed by atoms with E-state index >= 15 is 0 Å². The minimum Gasteiger partial charge on any atom is -0.493 e.